The predicted octanol–water partition coefficient (Wildman–Crippen LogP) is 4.01. The maximum absolute atomic E-state index is 12.7. The maximum Gasteiger partial charge on any atom is 0.181 e. The number of benzene rings is 2. The minimum atomic E-state index is -0.0803. The maximum atomic E-state index is 12.7. The average Bonchev–Trinajstić information content (AvgIpc) is 3.17. The molecule has 0 saturated carbocycles. The average molecular weight is 333 g/mol. The van der Waals surface area contributed by atoms with E-state index in [2.05, 4.69) is 4.98 Å². The van der Waals surface area contributed by atoms with E-state index in [9.17, 15) is 4.79 Å². The number of aromatic nitrogens is 1. The molecule has 0 amide bonds. The minimum absolute atomic E-state index is 0.0803. The monoisotopic (exact) mass is 333 g/mol. The normalized spacial score (nSPS) is 16.1. The second-order valence-electron chi connectivity index (χ2n) is 6.47. The van der Waals surface area contributed by atoms with Gasteiger partial charge in [-0.15, -0.1) is 0 Å². The molecule has 0 spiro atoms. The van der Waals surface area contributed by atoms with Crippen molar-refractivity contribution in [2.45, 2.75) is 19.8 Å². The van der Waals surface area contributed by atoms with E-state index in [-0.39, 0.29) is 11.7 Å². The van der Waals surface area contributed by atoms with Gasteiger partial charge in [0.15, 0.2) is 12.2 Å². The fourth-order valence-electron chi connectivity index (χ4n) is 3.27. The molecule has 0 saturated heterocycles. The van der Waals surface area contributed by atoms with Crippen LogP contribution in [-0.4, -0.2) is 17.4 Å². The molecule has 4 heteroatoms. The number of fused-ring (bicyclic) bond motifs is 1. The third-order valence-electron chi connectivity index (χ3n) is 4.76. The first-order chi connectivity index (χ1) is 12.2. The largest absolute Gasteiger partial charge is 0.493 e. The van der Waals surface area contributed by atoms with E-state index in [0.717, 1.165) is 40.2 Å². The summed E-state index contributed by atoms with van der Waals surface area (Å²) in [5.41, 5.74) is 4.22. The number of hydrogen-bond acceptors (Lipinski definition) is 4. The zero-order valence-electron chi connectivity index (χ0n) is 14.1. The van der Waals surface area contributed by atoms with Gasteiger partial charge in [-0.2, -0.15) is 0 Å². The van der Waals surface area contributed by atoms with Crippen LogP contribution >= 0.6 is 0 Å². The van der Waals surface area contributed by atoms with E-state index in [1.807, 2.05) is 49.4 Å². The molecule has 1 aliphatic rings. The summed E-state index contributed by atoms with van der Waals surface area (Å²) < 4.78 is 11.1. The van der Waals surface area contributed by atoms with Gasteiger partial charge in [0, 0.05) is 12.0 Å². The van der Waals surface area contributed by atoms with Crippen molar-refractivity contribution < 1.29 is 13.9 Å². The van der Waals surface area contributed by atoms with Crippen molar-refractivity contribution in [2.75, 3.05) is 6.61 Å². The van der Waals surface area contributed by atoms with Gasteiger partial charge < -0.3 is 9.15 Å². The van der Waals surface area contributed by atoms with Gasteiger partial charge in [0.25, 0.3) is 0 Å². The highest BCUT2D eigenvalue weighted by Crippen LogP contribution is 2.28. The standard InChI is InChI=1S/C21H19NO3/c1-14-8-17(21-11-22-13-25-21)7-6-15(14)10-19(23)18-9-16-4-2-3-5-20(16)24-12-18/h2-8,11,13,18H,9-10,12H2,1H3. The molecule has 126 valence electrons. The second kappa shape index (κ2) is 6.55. The number of carbonyl (C=O) groups excluding carboxylic acids is 1. The molecule has 0 N–H and O–H groups in total. The van der Waals surface area contributed by atoms with E-state index in [1.165, 1.54) is 6.39 Å². The highest BCUT2D eigenvalue weighted by atomic mass is 16.5. The van der Waals surface area contributed by atoms with Crippen LogP contribution in [-0.2, 0) is 17.6 Å². The number of ether oxygens (including phenoxy) is 1. The lowest BCUT2D eigenvalue weighted by Crippen LogP contribution is -2.29. The van der Waals surface area contributed by atoms with Gasteiger partial charge in [0.05, 0.1) is 18.7 Å². The number of hydrogen-bond donors (Lipinski definition) is 0. The highest BCUT2D eigenvalue weighted by molar-refractivity contribution is 5.84. The van der Waals surface area contributed by atoms with E-state index in [1.54, 1.807) is 6.20 Å². The van der Waals surface area contributed by atoms with Crippen molar-refractivity contribution in [2.24, 2.45) is 5.92 Å². The molecule has 1 aromatic heterocycles. The first-order valence-electron chi connectivity index (χ1n) is 8.42. The van der Waals surface area contributed by atoms with Gasteiger partial charge in [0.2, 0.25) is 0 Å². The van der Waals surface area contributed by atoms with Gasteiger partial charge in [0.1, 0.15) is 11.5 Å². The first kappa shape index (κ1) is 15.6. The molecule has 0 aliphatic carbocycles. The van der Waals surface area contributed by atoms with E-state index in [4.69, 9.17) is 9.15 Å². The second-order valence-corrected chi connectivity index (χ2v) is 6.47. The summed E-state index contributed by atoms with van der Waals surface area (Å²) in [6.07, 6.45) is 4.29. The number of carbonyl (C=O) groups is 1. The zero-order chi connectivity index (χ0) is 17.2. The Morgan fingerprint density at radius 1 is 1.24 bits per heavy atom. The minimum Gasteiger partial charge on any atom is -0.493 e. The van der Waals surface area contributed by atoms with Gasteiger partial charge in [-0.05, 0) is 42.2 Å². The van der Waals surface area contributed by atoms with Crippen molar-refractivity contribution in [3.05, 3.63) is 71.7 Å². The summed E-state index contributed by atoms with van der Waals surface area (Å²) in [6, 6.07) is 14.0. The quantitative estimate of drug-likeness (QED) is 0.724. The summed E-state index contributed by atoms with van der Waals surface area (Å²) in [4.78, 5) is 16.7. The number of rotatable bonds is 4. The van der Waals surface area contributed by atoms with Crippen LogP contribution < -0.4 is 4.74 Å². The summed E-state index contributed by atoms with van der Waals surface area (Å²) in [5.74, 6) is 1.78. The summed E-state index contributed by atoms with van der Waals surface area (Å²) in [6.45, 7) is 2.49. The topological polar surface area (TPSA) is 52.3 Å². The van der Waals surface area contributed by atoms with Crippen LogP contribution in [0.5, 0.6) is 5.75 Å². The number of para-hydroxylation sites is 1. The van der Waals surface area contributed by atoms with E-state index < -0.39 is 0 Å². The molecule has 3 aromatic rings. The lowest BCUT2D eigenvalue weighted by atomic mass is 9.89. The number of aryl methyl sites for hydroxylation is 1. The Morgan fingerprint density at radius 3 is 2.92 bits per heavy atom. The Morgan fingerprint density at radius 2 is 2.12 bits per heavy atom. The Hall–Kier alpha value is -2.88. The smallest absolute Gasteiger partial charge is 0.181 e. The fourth-order valence-corrected chi connectivity index (χ4v) is 3.27. The molecular formula is C21H19NO3. The van der Waals surface area contributed by atoms with Crippen LogP contribution in [0.15, 0.2) is 59.5 Å². The van der Waals surface area contributed by atoms with Crippen molar-refractivity contribution in [1.29, 1.82) is 0 Å². The van der Waals surface area contributed by atoms with Gasteiger partial charge in [-0.3, -0.25) is 4.79 Å². The summed E-state index contributed by atoms with van der Waals surface area (Å²) in [7, 11) is 0. The molecule has 2 aromatic carbocycles. The van der Waals surface area contributed by atoms with Crippen molar-refractivity contribution in [3.8, 4) is 17.1 Å². The van der Waals surface area contributed by atoms with E-state index in [0.29, 0.717) is 13.0 Å². The SMILES string of the molecule is Cc1cc(-c2cnco2)ccc1CC(=O)C1COc2ccccc2C1. The molecule has 1 aliphatic heterocycles. The third kappa shape index (κ3) is 3.20. The molecule has 25 heavy (non-hydrogen) atoms. The molecule has 0 bridgehead atoms. The first-order valence-corrected chi connectivity index (χ1v) is 8.42. The molecule has 4 nitrogen and oxygen atoms in total. The lowest BCUT2D eigenvalue weighted by molar-refractivity contribution is -0.123. The Balaban J connectivity index is 1.48. The lowest BCUT2D eigenvalue weighted by Gasteiger charge is -2.24. The highest BCUT2D eigenvalue weighted by Gasteiger charge is 2.26. The van der Waals surface area contributed by atoms with Gasteiger partial charge >= 0.3 is 0 Å². The molecule has 1 atom stereocenters. The van der Waals surface area contributed by atoms with Crippen LogP contribution in [0.3, 0.4) is 0 Å². The van der Waals surface area contributed by atoms with E-state index >= 15 is 0 Å². The van der Waals surface area contributed by atoms with Gasteiger partial charge in [-0.1, -0.05) is 30.3 Å². The summed E-state index contributed by atoms with van der Waals surface area (Å²) >= 11 is 0. The molecule has 0 fully saturated rings. The zero-order valence-corrected chi connectivity index (χ0v) is 14.1. The molecule has 4 rings (SSSR count). The Bertz CT molecular complexity index is 899. The number of oxazole rings is 1. The van der Waals surface area contributed by atoms with Crippen LogP contribution in [0.25, 0.3) is 11.3 Å². The van der Waals surface area contributed by atoms with Crippen LogP contribution in [0.1, 0.15) is 16.7 Å². The molecular weight excluding hydrogens is 314 g/mol. The van der Waals surface area contributed by atoms with Crippen LogP contribution in [0, 0.1) is 12.8 Å². The van der Waals surface area contributed by atoms with Crippen LogP contribution in [0.4, 0.5) is 0 Å². The summed E-state index contributed by atoms with van der Waals surface area (Å²) in [5, 5.41) is 0. The Labute approximate surface area is 146 Å². The molecule has 1 unspecified atom stereocenters. The number of Topliss-reactive ketones (excluding diaryl/α,β-unsaturated/α-hetero) is 1. The number of nitrogens with zero attached hydrogens (tertiary/aromatic N) is 1. The predicted molar refractivity (Wildman–Crippen MR) is 94.5 cm³/mol. The van der Waals surface area contributed by atoms with Crippen molar-refractivity contribution in [3.63, 3.8) is 0 Å². The van der Waals surface area contributed by atoms with Crippen molar-refractivity contribution in [1.82, 2.24) is 4.98 Å². The van der Waals surface area contributed by atoms with Crippen molar-refractivity contribution >= 4 is 5.78 Å². The molecule has 2 heterocycles. The third-order valence-corrected chi connectivity index (χ3v) is 4.76. The van der Waals surface area contributed by atoms with Gasteiger partial charge in [-0.25, -0.2) is 4.98 Å². The molecule has 0 radical (unpaired) electrons. The number of ketones is 1. The fraction of sp³-hybridized carbons (Fsp3) is 0.238. The van der Waals surface area contributed by atoms with Crippen LogP contribution in [0.2, 0.25) is 0 Å². The Kier molecular flexibility index (Phi) is 4.10.